The second-order valence-corrected chi connectivity index (χ2v) is 7.99. The summed E-state index contributed by atoms with van der Waals surface area (Å²) in [5.41, 5.74) is 1.73. The lowest BCUT2D eigenvalue weighted by molar-refractivity contribution is -0.132. The Bertz CT molecular complexity index is 1270. The lowest BCUT2D eigenvalue weighted by Gasteiger charge is -2.29. The highest BCUT2D eigenvalue weighted by atomic mass is 16.5. The molecule has 2 N–H and O–H groups in total. The largest absolute Gasteiger partial charge is 0.465 e. The number of rotatable bonds is 6. The van der Waals surface area contributed by atoms with Gasteiger partial charge in [0.2, 0.25) is 17.6 Å². The molecule has 0 bridgehead atoms. The molecule has 0 unspecified atom stereocenters. The Morgan fingerprint density at radius 1 is 1.03 bits per heavy atom. The van der Waals surface area contributed by atoms with E-state index in [2.05, 4.69) is 20.4 Å². The molecule has 0 aliphatic carbocycles. The van der Waals surface area contributed by atoms with Crippen LogP contribution in [0.5, 0.6) is 0 Å². The van der Waals surface area contributed by atoms with Crippen molar-refractivity contribution in [3.05, 3.63) is 96.0 Å². The van der Waals surface area contributed by atoms with Gasteiger partial charge in [0, 0.05) is 18.3 Å². The van der Waals surface area contributed by atoms with Crippen molar-refractivity contribution in [2.24, 2.45) is 0 Å². The number of amides is 2. The highest BCUT2D eigenvalue weighted by Crippen LogP contribution is 2.42. The third kappa shape index (κ3) is 3.88. The second-order valence-electron chi connectivity index (χ2n) is 7.99. The minimum atomic E-state index is -1.19. The molecule has 9 heteroatoms. The van der Waals surface area contributed by atoms with Gasteiger partial charge in [-0.2, -0.15) is 4.98 Å². The first-order chi connectivity index (χ1) is 16.6. The number of hydrogen-bond donors (Lipinski definition) is 2. The van der Waals surface area contributed by atoms with Crippen LogP contribution < -0.4 is 5.32 Å². The highest BCUT2D eigenvalue weighted by molar-refractivity contribution is 5.94. The molecule has 34 heavy (non-hydrogen) atoms. The van der Waals surface area contributed by atoms with E-state index in [1.54, 1.807) is 11.0 Å². The number of hydrogen-bond acceptors (Lipinski definition) is 6. The van der Waals surface area contributed by atoms with Gasteiger partial charge in [-0.25, -0.2) is 9.78 Å². The van der Waals surface area contributed by atoms with Crippen molar-refractivity contribution in [1.29, 1.82) is 0 Å². The third-order valence-corrected chi connectivity index (χ3v) is 5.99. The molecule has 1 fully saturated rings. The number of nitrogens with one attached hydrogen (secondary N) is 1. The molecule has 9 nitrogen and oxygen atoms in total. The number of aromatic nitrogens is 3. The van der Waals surface area contributed by atoms with Gasteiger partial charge < -0.3 is 14.5 Å². The van der Waals surface area contributed by atoms with Gasteiger partial charge in [-0.15, -0.1) is 0 Å². The van der Waals surface area contributed by atoms with Gasteiger partial charge in [-0.05, 0) is 29.7 Å². The maximum Gasteiger partial charge on any atom is 0.410 e. The summed E-state index contributed by atoms with van der Waals surface area (Å²) in [7, 11) is 0. The Kier molecular flexibility index (Phi) is 5.51. The van der Waals surface area contributed by atoms with Crippen LogP contribution in [0.2, 0.25) is 0 Å². The zero-order valence-corrected chi connectivity index (χ0v) is 18.1. The average Bonchev–Trinajstić information content (AvgIpc) is 3.46. The summed E-state index contributed by atoms with van der Waals surface area (Å²) < 4.78 is 5.41. The molecule has 1 aliphatic rings. The Labute approximate surface area is 195 Å². The quantitative estimate of drug-likeness (QED) is 0.452. The molecule has 2 amide bonds. The number of anilines is 1. The summed E-state index contributed by atoms with van der Waals surface area (Å²) >= 11 is 0. The predicted octanol–water partition coefficient (Wildman–Crippen LogP) is 3.94. The minimum Gasteiger partial charge on any atom is -0.465 e. The van der Waals surface area contributed by atoms with Gasteiger partial charge in [-0.1, -0.05) is 65.8 Å². The fourth-order valence-corrected chi connectivity index (χ4v) is 4.39. The van der Waals surface area contributed by atoms with Crippen molar-refractivity contribution in [1.82, 2.24) is 20.0 Å². The maximum atomic E-state index is 13.8. The van der Waals surface area contributed by atoms with E-state index >= 15 is 0 Å². The first-order valence-corrected chi connectivity index (χ1v) is 10.8. The molecule has 2 aromatic carbocycles. The molecule has 0 saturated carbocycles. The van der Waals surface area contributed by atoms with E-state index in [9.17, 15) is 9.59 Å². The minimum absolute atomic E-state index is 0.00425. The van der Waals surface area contributed by atoms with Crippen LogP contribution >= 0.6 is 0 Å². The van der Waals surface area contributed by atoms with Crippen LogP contribution in [0.4, 0.5) is 10.6 Å². The van der Waals surface area contributed by atoms with Gasteiger partial charge in [-0.3, -0.25) is 10.1 Å². The molecule has 2 aromatic heterocycles. The summed E-state index contributed by atoms with van der Waals surface area (Å²) in [6, 6.07) is 22.8. The van der Waals surface area contributed by atoms with Crippen molar-refractivity contribution in [2.75, 3.05) is 11.9 Å². The van der Waals surface area contributed by atoms with Crippen LogP contribution in [0.15, 0.2) is 83.5 Å². The maximum absolute atomic E-state index is 13.8. The van der Waals surface area contributed by atoms with Crippen molar-refractivity contribution < 1.29 is 19.2 Å². The summed E-state index contributed by atoms with van der Waals surface area (Å²) in [5.74, 6) is 0.817. The number of benzene rings is 2. The van der Waals surface area contributed by atoms with Crippen LogP contribution in [-0.2, 0) is 16.8 Å². The first-order valence-electron chi connectivity index (χ1n) is 10.8. The van der Waals surface area contributed by atoms with Gasteiger partial charge in [0.05, 0.1) is 0 Å². The fourth-order valence-electron chi connectivity index (χ4n) is 4.39. The van der Waals surface area contributed by atoms with Gasteiger partial charge in [0.1, 0.15) is 17.8 Å². The summed E-state index contributed by atoms with van der Waals surface area (Å²) in [6.07, 6.45) is 0.902. The van der Waals surface area contributed by atoms with Gasteiger partial charge in [0.15, 0.2) is 0 Å². The summed E-state index contributed by atoms with van der Waals surface area (Å²) in [5, 5.41) is 14.9. The van der Waals surface area contributed by atoms with Crippen LogP contribution in [0.1, 0.15) is 23.4 Å². The standard InChI is InChI=1S/C25H21N5O4/c31-23-25(18-7-3-1-4-8-18,19-9-5-2-6-10-19)13-14-30(23)16-21-28-22(29-34-21)17-11-12-20(26-15-17)27-24(32)33/h1-12,15H,13-14,16H2,(H,26,27)(H,32,33). The van der Waals surface area contributed by atoms with E-state index in [0.717, 1.165) is 11.1 Å². The zero-order chi connectivity index (χ0) is 23.5. The molecule has 170 valence electrons. The number of likely N-dealkylation sites (tertiary alicyclic amines) is 1. The second kappa shape index (κ2) is 8.78. The molecular weight excluding hydrogens is 434 g/mol. The molecule has 0 atom stereocenters. The summed E-state index contributed by atoms with van der Waals surface area (Å²) in [4.78, 5) is 34.7. The van der Waals surface area contributed by atoms with E-state index < -0.39 is 11.5 Å². The zero-order valence-electron chi connectivity index (χ0n) is 18.1. The number of carboxylic acid groups (broad SMARTS) is 1. The average molecular weight is 455 g/mol. The van der Waals surface area contributed by atoms with Crippen molar-refractivity contribution in [3.8, 4) is 11.4 Å². The van der Waals surface area contributed by atoms with E-state index in [-0.39, 0.29) is 18.3 Å². The van der Waals surface area contributed by atoms with E-state index in [1.165, 1.54) is 12.3 Å². The van der Waals surface area contributed by atoms with Crippen LogP contribution in [0, 0.1) is 0 Å². The molecule has 0 spiro atoms. The Morgan fingerprint density at radius 2 is 1.71 bits per heavy atom. The monoisotopic (exact) mass is 455 g/mol. The lowest BCUT2D eigenvalue weighted by atomic mass is 9.73. The Hall–Kier alpha value is -4.53. The molecule has 4 aromatic rings. The van der Waals surface area contributed by atoms with Crippen molar-refractivity contribution in [3.63, 3.8) is 0 Å². The third-order valence-electron chi connectivity index (χ3n) is 5.99. The Morgan fingerprint density at radius 3 is 2.29 bits per heavy atom. The predicted molar refractivity (Wildman–Crippen MR) is 123 cm³/mol. The Balaban J connectivity index is 1.38. The molecular formula is C25H21N5O4. The number of carbonyl (C=O) groups excluding carboxylic acids is 1. The first kappa shape index (κ1) is 21.3. The van der Waals surface area contributed by atoms with Crippen molar-refractivity contribution in [2.45, 2.75) is 18.4 Å². The van der Waals surface area contributed by atoms with Gasteiger partial charge in [0.25, 0.3) is 0 Å². The topological polar surface area (TPSA) is 121 Å². The van der Waals surface area contributed by atoms with Gasteiger partial charge >= 0.3 is 6.09 Å². The van der Waals surface area contributed by atoms with Crippen LogP contribution in [0.3, 0.4) is 0 Å². The summed E-state index contributed by atoms with van der Waals surface area (Å²) in [6.45, 7) is 0.747. The molecule has 0 radical (unpaired) electrons. The van der Waals surface area contributed by atoms with E-state index in [4.69, 9.17) is 9.63 Å². The number of pyridine rings is 1. The SMILES string of the molecule is O=C(O)Nc1ccc(-c2noc(CN3CCC(c4ccccc4)(c4ccccc4)C3=O)n2)cn1. The normalized spacial score (nSPS) is 14.8. The molecule has 1 aliphatic heterocycles. The number of nitrogens with zero attached hydrogens (tertiary/aromatic N) is 4. The van der Waals surface area contributed by atoms with Crippen molar-refractivity contribution >= 4 is 17.8 Å². The van der Waals surface area contributed by atoms with Crippen LogP contribution in [-0.4, -0.2) is 43.7 Å². The molecule has 3 heterocycles. The van der Waals surface area contributed by atoms with Crippen LogP contribution in [0.25, 0.3) is 11.4 Å². The van der Waals surface area contributed by atoms with E-state index in [1.807, 2.05) is 60.7 Å². The lowest BCUT2D eigenvalue weighted by Crippen LogP contribution is -2.38. The smallest absolute Gasteiger partial charge is 0.410 e. The molecule has 5 rings (SSSR count). The highest BCUT2D eigenvalue weighted by Gasteiger charge is 2.49. The fraction of sp³-hybridized carbons (Fsp3) is 0.160. The van der Waals surface area contributed by atoms with E-state index in [0.29, 0.717) is 30.2 Å². The molecule has 1 saturated heterocycles. The number of carbonyl (C=O) groups is 2.